The highest BCUT2D eigenvalue weighted by Crippen LogP contribution is 2.27. The molecule has 1 aliphatic rings. The zero-order valence-corrected chi connectivity index (χ0v) is 11.3. The molecule has 0 N–H and O–H groups in total. The maximum Gasteiger partial charge on any atom is 0.225 e. The van der Waals surface area contributed by atoms with Crippen LogP contribution in [0.15, 0.2) is 36.5 Å². The molecule has 1 aromatic carbocycles. The minimum absolute atomic E-state index is 0.0384. The molecule has 1 aromatic heterocycles. The fraction of sp³-hybridized carbons (Fsp3) is 0.333. The van der Waals surface area contributed by atoms with E-state index >= 15 is 0 Å². The average molecular weight is 275 g/mol. The second-order valence-electron chi connectivity index (χ2n) is 5.00. The summed E-state index contributed by atoms with van der Waals surface area (Å²) in [4.78, 5) is 11.2. The molecule has 0 bridgehead atoms. The summed E-state index contributed by atoms with van der Waals surface area (Å²) >= 11 is 5.59. The summed E-state index contributed by atoms with van der Waals surface area (Å²) in [6, 6.07) is 10.3. The number of rotatable bonds is 3. The van der Waals surface area contributed by atoms with Gasteiger partial charge in [-0.05, 0) is 42.0 Å². The molecule has 1 unspecified atom stereocenters. The van der Waals surface area contributed by atoms with E-state index in [0.717, 1.165) is 25.8 Å². The highest BCUT2D eigenvalue weighted by Gasteiger charge is 2.26. The second kappa shape index (κ2) is 5.17. The summed E-state index contributed by atoms with van der Waals surface area (Å²) in [7, 11) is 0. The lowest BCUT2D eigenvalue weighted by Gasteiger charge is -2.19. The lowest BCUT2D eigenvalue weighted by Crippen LogP contribution is -2.20. The molecule has 0 fully saturated rings. The number of carbonyl (C=O) groups is 1. The van der Waals surface area contributed by atoms with Crippen LogP contribution in [0.3, 0.4) is 0 Å². The number of fused-ring (bicyclic) bond motifs is 1. The van der Waals surface area contributed by atoms with E-state index in [-0.39, 0.29) is 11.2 Å². The van der Waals surface area contributed by atoms with Gasteiger partial charge in [0.2, 0.25) is 5.24 Å². The lowest BCUT2D eigenvalue weighted by atomic mass is 9.88. The Labute approximate surface area is 117 Å². The van der Waals surface area contributed by atoms with Crippen LogP contribution >= 0.6 is 11.6 Å². The Hall–Kier alpha value is -1.61. The van der Waals surface area contributed by atoms with Crippen LogP contribution in [0.5, 0.6) is 0 Å². The first-order valence-corrected chi connectivity index (χ1v) is 6.88. The zero-order valence-electron chi connectivity index (χ0n) is 10.6. The van der Waals surface area contributed by atoms with Crippen molar-refractivity contribution in [2.75, 3.05) is 0 Å². The molecule has 1 atom stereocenters. The number of aromatic nitrogens is 2. The van der Waals surface area contributed by atoms with E-state index in [1.54, 1.807) is 0 Å². The molecule has 98 valence electrons. The summed E-state index contributed by atoms with van der Waals surface area (Å²) in [5.41, 5.74) is 3.66. The molecule has 2 aromatic rings. The molecule has 3 rings (SSSR count). The second-order valence-corrected chi connectivity index (χ2v) is 5.38. The Morgan fingerprint density at radius 3 is 2.89 bits per heavy atom. The molecule has 0 spiro atoms. The number of benzene rings is 1. The molecule has 3 nitrogen and oxygen atoms in total. The molecule has 1 heterocycles. The monoisotopic (exact) mass is 274 g/mol. The van der Waals surface area contributed by atoms with Gasteiger partial charge in [0.25, 0.3) is 0 Å². The minimum Gasteiger partial charge on any atom is -0.281 e. The highest BCUT2D eigenvalue weighted by atomic mass is 35.5. The number of hydrogen-bond donors (Lipinski definition) is 0. The van der Waals surface area contributed by atoms with E-state index < -0.39 is 0 Å². The van der Waals surface area contributed by atoms with Gasteiger partial charge < -0.3 is 0 Å². The molecule has 19 heavy (non-hydrogen) atoms. The van der Waals surface area contributed by atoms with Crippen molar-refractivity contribution in [2.45, 2.75) is 25.8 Å². The van der Waals surface area contributed by atoms with E-state index in [2.05, 4.69) is 17.2 Å². The van der Waals surface area contributed by atoms with E-state index in [4.69, 9.17) is 11.6 Å². The zero-order chi connectivity index (χ0) is 13.2. The van der Waals surface area contributed by atoms with E-state index in [9.17, 15) is 4.79 Å². The average Bonchev–Trinajstić information content (AvgIpc) is 2.82. The molecular formula is C15H15ClN2O. The Balaban J connectivity index is 1.81. The van der Waals surface area contributed by atoms with Crippen LogP contribution in [0.25, 0.3) is 0 Å². The predicted molar refractivity (Wildman–Crippen MR) is 74.1 cm³/mol. The van der Waals surface area contributed by atoms with Crippen molar-refractivity contribution in [3.05, 3.63) is 53.3 Å². The number of halogens is 1. The third-order valence-corrected chi connectivity index (χ3v) is 4.04. The number of hydrogen-bond acceptors (Lipinski definition) is 2. The maximum absolute atomic E-state index is 11.2. The molecular weight excluding hydrogens is 260 g/mol. The van der Waals surface area contributed by atoms with Crippen molar-refractivity contribution in [1.82, 2.24) is 9.78 Å². The Morgan fingerprint density at radius 1 is 1.37 bits per heavy atom. The van der Waals surface area contributed by atoms with Crippen molar-refractivity contribution in [3.8, 4) is 0 Å². The van der Waals surface area contributed by atoms with Gasteiger partial charge in [0.05, 0.1) is 12.7 Å². The number of carbonyl (C=O) groups excluding carboxylic acids is 1. The van der Waals surface area contributed by atoms with Crippen LogP contribution in [-0.2, 0) is 24.2 Å². The van der Waals surface area contributed by atoms with Crippen LogP contribution in [-0.4, -0.2) is 15.0 Å². The van der Waals surface area contributed by atoms with Crippen LogP contribution in [0.2, 0.25) is 0 Å². The third-order valence-electron chi connectivity index (χ3n) is 3.73. The fourth-order valence-corrected chi connectivity index (χ4v) is 2.86. The van der Waals surface area contributed by atoms with Gasteiger partial charge in [-0.25, -0.2) is 0 Å². The summed E-state index contributed by atoms with van der Waals surface area (Å²) in [6.07, 6.45) is 4.32. The van der Waals surface area contributed by atoms with Crippen LogP contribution in [0, 0.1) is 5.92 Å². The van der Waals surface area contributed by atoms with Gasteiger partial charge in [-0.1, -0.05) is 30.3 Å². The standard InChI is InChI=1S/C15H15ClN2O/c16-15(19)12-6-7-14-13(8-12)9-17-18(14)10-11-4-2-1-3-5-11/h1-5,9,12H,6-8,10H2. The SMILES string of the molecule is O=C(Cl)C1CCc2c(cnn2Cc2ccccc2)C1. The first-order valence-electron chi connectivity index (χ1n) is 6.51. The van der Waals surface area contributed by atoms with Crippen LogP contribution in [0.1, 0.15) is 23.2 Å². The summed E-state index contributed by atoms with van der Waals surface area (Å²) in [6.45, 7) is 0.787. The van der Waals surface area contributed by atoms with Gasteiger partial charge in [-0.15, -0.1) is 0 Å². The molecule has 0 saturated carbocycles. The predicted octanol–water partition coefficient (Wildman–Crippen LogP) is 2.80. The highest BCUT2D eigenvalue weighted by molar-refractivity contribution is 6.64. The summed E-state index contributed by atoms with van der Waals surface area (Å²) < 4.78 is 2.04. The van der Waals surface area contributed by atoms with E-state index in [0.29, 0.717) is 0 Å². The van der Waals surface area contributed by atoms with Crippen molar-refractivity contribution < 1.29 is 4.79 Å². The van der Waals surface area contributed by atoms with Gasteiger partial charge in [-0.3, -0.25) is 9.48 Å². The van der Waals surface area contributed by atoms with E-state index in [1.165, 1.54) is 16.8 Å². The van der Waals surface area contributed by atoms with Crippen molar-refractivity contribution >= 4 is 16.8 Å². The van der Waals surface area contributed by atoms with Gasteiger partial charge in [0.15, 0.2) is 0 Å². The first kappa shape index (κ1) is 12.4. The normalized spacial score (nSPS) is 18.1. The third kappa shape index (κ3) is 2.56. The Bertz CT molecular complexity index is 591. The summed E-state index contributed by atoms with van der Waals surface area (Å²) in [5, 5.41) is 4.23. The number of nitrogens with zero attached hydrogens (tertiary/aromatic N) is 2. The van der Waals surface area contributed by atoms with Crippen molar-refractivity contribution in [2.24, 2.45) is 5.92 Å². The fourth-order valence-electron chi connectivity index (χ4n) is 2.67. The molecule has 4 heteroatoms. The molecule has 0 aliphatic heterocycles. The van der Waals surface area contributed by atoms with Gasteiger partial charge in [-0.2, -0.15) is 5.10 Å². The first-order chi connectivity index (χ1) is 9.24. The maximum atomic E-state index is 11.2. The Kier molecular flexibility index (Phi) is 3.38. The Morgan fingerprint density at radius 2 is 2.16 bits per heavy atom. The minimum atomic E-state index is -0.221. The quantitative estimate of drug-likeness (QED) is 0.807. The smallest absolute Gasteiger partial charge is 0.225 e. The van der Waals surface area contributed by atoms with E-state index in [1.807, 2.05) is 29.1 Å². The molecule has 0 radical (unpaired) electrons. The lowest BCUT2D eigenvalue weighted by molar-refractivity contribution is -0.115. The van der Waals surface area contributed by atoms with Gasteiger partial charge in [0, 0.05) is 11.6 Å². The van der Waals surface area contributed by atoms with Gasteiger partial charge >= 0.3 is 0 Å². The van der Waals surface area contributed by atoms with Crippen LogP contribution in [0.4, 0.5) is 0 Å². The van der Waals surface area contributed by atoms with Crippen molar-refractivity contribution in [1.29, 1.82) is 0 Å². The summed E-state index contributed by atoms with van der Waals surface area (Å²) in [5.74, 6) is -0.0384. The van der Waals surface area contributed by atoms with Crippen LogP contribution < -0.4 is 0 Å². The molecule has 0 saturated heterocycles. The van der Waals surface area contributed by atoms with Crippen molar-refractivity contribution in [3.63, 3.8) is 0 Å². The largest absolute Gasteiger partial charge is 0.281 e. The van der Waals surface area contributed by atoms with Gasteiger partial charge in [0.1, 0.15) is 0 Å². The molecule has 1 aliphatic carbocycles. The molecule has 0 amide bonds. The topological polar surface area (TPSA) is 34.9 Å².